The molecule has 0 unspecified atom stereocenters. The second kappa shape index (κ2) is 11.3. The molecule has 1 aliphatic heterocycles. The molecule has 8 nitrogen and oxygen atoms in total. The fraction of sp³-hybridized carbons (Fsp3) is 0.875. The van der Waals surface area contributed by atoms with Crippen molar-refractivity contribution in [3.8, 4) is 0 Å². The minimum absolute atomic E-state index is 0.0973. The maximum Gasteiger partial charge on any atom is 0.405 e. The lowest BCUT2D eigenvalue weighted by Crippen LogP contribution is -2.43. The van der Waals surface area contributed by atoms with Crippen molar-refractivity contribution in [2.24, 2.45) is 23.7 Å². The van der Waals surface area contributed by atoms with Gasteiger partial charge in [-0.25, -0.2) is 4.79 Å². The summed E-state index contributed by atoms with van der Waals surface area (Å²) >= 11 is 0. The van der Waals surface area contributed by atoms with E-state index in [1.165, 1.54) is 0 Å². The molecule has 182 valence electrons. The van der Waals surface area contributed by atoms with E-state index in [1.54, 1.807) is 6.92 Å². The molecule has 0 amide bonds. The minimum atomic E-state index is -0.995. The molecule has 1 saturated heterocycles. The van der Waals surface area contributed by atoms with Gasteiger partial charge < -0.3 is 19.0 Å². The third-order valence-corrected chi connectivity index (χ3v) is 7.06. The molecule has 0 N–H and O–H groups in total. The number of carbonyl (C=O) groups is 2. The Balaban J connectivity index is 1.83. The van der Waals surface area contributed by atoms with Crippen LogP contribution in [0.3, 0.4) is 0 Å². The zero-order chi connectivity index (χ0) is 23.3. The molecule has 2 saturated carbocycles. The number of carbonyl (C=O) groups excluding carboxylic acids is 2. The van der Waals surface area contributed by atoms with Gasteiger partial charge in [-0.1, -0.05) is 46.5 Å². The Hall–Kier alpha value is -1.83. The van der Waals surface area contributed by atoms with E-state index >= 15 is 0 Å². The minimum Gasteiger partial charge on any atom is -0.458 e. The maximum absolute atomic E-state index is 13.0. The van der Waals surface area contributed by atoms with Crippen LogP contribution in [0.15, 0.2) is 0 Å². The van der Waals surface area contributed by atoms with Crippen molar-refractivity contribution >= 4 is 17.7 Å². The SMILES string of the molecule is CCOC(=O)/C([C@@H]1CC(=O)O[C@H]1O[C@@H]1C[C@H](C)CC[C@H]1C(C)C)=[N+](/[O-])OC1CCCCC1. The summed E-state index contributed by atoms with van der Waals surface area (Å²) in [6.07, 6.45) is 6.22. The van der Waals surface area contributed by atoms with Crippen molar-refractivity contribution in [2.45, 2.75) is 104 Å². The summed E-state index contributed by atoms with van der Waals surface area (Å²) in [5.41, 5.74) is -0.238. The molecule has 8 heteroatoms. The molecule has 3 fully saturated rings. The first-order valence-corrected chi connectivity index (χ1v) is 12.3. The summed E-state index contributed by atoms with van der Waals surface area (Å²) in [7, 11) is 0. The number of rotatable bonds is 8. The number of esters is 2. The number of hydrogen-bond donors (Lipinski definition) is 0. The van der Waals surface area contributed by atoms with Crippen LogP contribution in [0.4, 0.5) is 0 Å². The van der Waals surface area contributed by atoms with Gasteiger partial charge in [0.05, 0.1) is 25.2 Å². The van der Waals surface area contributed by atoms with Gasteiger partial charge in [-0.3, -0.25) is 10.0 Å². The Bertz CT molecular complexity index is 686. The van der Waals surface area contributed by atoms with Gasteiger partial charge in [0, 0.05) is 4.90 Å². The van der Waals surface area contributed by atoms with Gasteiger partial charge in [0.25, 0.3) is 0 Å². The molecular formula is C24H39NO7. The Morgan fingerprint density at radius 1 is 1.19 bits per heavy atom. The summed E-state index contributed by atoms with van der Waals surface area (Å²) in [6.45, 7) is 8.32. The molecule has 32 heavy (non-hydrogen) atoms. The highest BCUT2D eigenvalue weighted by molar-refractivity contribution is 6.35. The van der Waals surface area contributed by atoms with Gasteiger partial charge in [-0.05, 0) is 50.4 Å². The fourth-order valence-electron chi connectivity index (χ4n) is 5.26. The molecule has 0 radical (unpaired) electrons. The molecule has 5 atom stereocenters. The second-order valence-corrected chi connectivity index (χ2v) is 9.90. The third kappa shape index (κ3) is 6.15. The Morgan fingerprint density at radius 3 is 2.56 bits per heavy atom. The van der Waals surface area contributed by atoms with Crippen LogP contribution < -0.4 is 0 Å². The molecule has 3 aliphatic rings. The van der Waals surface area contributed by atoms with Crippen molar-refractivity contribution in [1.29, 1.82) is 0 Å². The van der Waals surface area contributed by atoms with Crippen LogP contribution in [0.2, 0.25) is 0 Å². The van der Waals surface area contributed by atoms with Crippen LogP contribution in [-0.2, 0) is 28.6 Å². The normalized spacial score (nSPS) is 32.4. The zero-order valence-electron chi connectivity index (χ0n) is 19.9. The average molecular weight is 454 g/mol. The largest absolute Gasteiger partial charge is 0.458 e. The van der Waals surface area contributed by atoms with E-state index in [0.29, 0.717) is 17.8 Å². The van der Waals surface area contributed by atoms with Crippen LogP contribution >= 0.6 is 0 Å². The van der Waals surface area contributed by atoms with Crippen molar-refractivity contribution in [3.63, 3.8) is 0 Å². The fourth-order valence-corrected chi connectivity index (χ4v) is 5.26. The number of cyclic esters (lactones) is 1. The maximum atomic E-state index is 13.0. The van der Waals surface area contributed by atoms with Crippen molar-refractivity contribution in [1.82, 2.24) is 0 Å². The van der Waals surface area contributed by atoms with Crippen molar-refractivity contribution < 1.29 is 33.5 Å². The van der Waals surface area contributed by atoms with E-state index in [2.05, 4.69) is 20.8 Å². The zero-order valence-corrected chi connectivity index (χ0v) is 19.9. The highest BCUT2D eigenvalue weighted by Gasteiger charge is 2.50. The van der Waals surface area contributed by atoms with Crippen LogP contribution in [0.5, 0.6) is 0 Å². The highest BCUT2D eigenvalue weighted by atomic mass is 16.9. The monoisotopic (exact) mass is 453 g/mol. The third-order valence-electron chi connectivity index (χ3n) is 7.06. The van der Waals surface area contributed by atoms with Gasteiger partial charge >= 0.3 is 17.7 Å². The smallest absolute Gasteiger partial charge is 0.405 e. The topological polar surface area (TPSA) is 97.1 Å². The van der Waals surface area contributed by atoms with Crippen molar-refractivity contribution in [2.75, 3.05) is 6.61 Å². The lowest BCUT2D eigenvalue weighted by Gasteiger charge is -2.38. The summed E-state index contributed by atoms with van der Waals surface area (Å²) in [6, 6.07) is 0. The van der Waals surface area contributed by atoms with Gasteiger partial charge in [-0.15, -0.1) is 0 Å². The lowest BCUT2D eigenvalue weighted by molar-refractivity contribution is -0.754. The summed E-state index contributed by atoms with van der Waals surface area (Å²) in [5.74, 6) is -0.871. The van der Waals surface area contributed by atoms with Crippen molar-refractivity contribution in [3.05, 3.63) is 5.21 Å². The summed E-state index contributed by atoms with van der Waals surface area (Å²) < 4.78 is 17.0. The van der Waals surface area contributed by atoms with E-state index in [1.807, 2.05) is 0 Å². The standard InChI is InChI=1S/C24H39NO7/c1-5-29-23(27)22(25(28)32-17-9-7-6-8-10-17)19-14-21(26)31-24(19)30-20-13-16(4)11-12-18(20)15(2)3/h15-20,24H,5-14H2,1-4H3/b25-22-/t16-,18+,19+,20-,24-/m1/s1. The van der Waals surface area contributed by atoms with E-state index in [9.17, 15) is 14.8 Å². The Morgan fingerprint density at radius 2 is 1.91 bits per heavy atom. The van der Waals surface area contributed by atoms with E-state index in [4.69, 9.17) is 19.0 Å². The molecular weight excluding hydrogens is 414 g/mol. The van der Waals surface area contributed by atoms with Crippen LogP contribution in [-0.4, -0.2) is 47.7 Å². The van der Waals surface area contributed by atoms with Crippen LogP contribution in [0, 0.1) is 28.9 Å². The summed E-state index contributed by atoms with van der Waals surface area (Å²) in [5, 5.41) is 13.0. The van der Waals surface area contributed by atoms with Crippen LogP contribution in [0.1, 0.15) is 85.5 Å². The summed E-state index contributed by atoms with van der Waals surface area (Å²) in [4.78, 5) is 30.9. The van der Waals surface area contributed by atoms with Gasteiger partial charge in [0.2, 0.25) is 6.29 Å². The molecule has 3 rings (SSSR count). The Labute approximate surface area is 191 Å². The first-order valence-electron chi connectivity index (χ1n) is 12.3. The van der Waals surface area contributed by atoms with E-state index < -0.39 is 24.1 Å². The molecule has 0 spiro atoms. The van der Waals surface area contributed by atoms with E-state index in [0.717, 1.165) is 51.4 Å². The second-order valence-electron chi connectivity index (χ2n) is 9.90. The first kappa shape index (κ1) is 24.8. The average Bonchev–Trinajstić information content (AvgIpc) is 3.08. The van der Waals surface area contributed by atoms with E-state index in [-0.39, 0.29) is 35.8 Å². The molecule has 1 heterocycles. The molecule has 0 aromatic heterocycles. The molecule has 0 bridgehead atoms. The van der Waals surface area contributed by atoms with Gasteiger partial charge in [0.1, 0.15) is 5.92 Å². The van der Waals surface area contributed by atoms with Crippen LogP contribution in [0.25, 0.3) is 0 Å². The lowest BCUT2D eigenvalue weighted by atomic mass is 9.75. The van der Waals surface area contributed by atoms with Gasteiger partial charge in [-0.2, -0.15) is 0 Å². The molecule has 0 aromatic carbocycles. The van der Waals surface area contributed by atoms with Gasteiger partial charge in [0.15, 0.2) is 0 Å². The number of ether oxygens (including phenoxy) is 3. The molecule has 2 aliphatic carbocycles. The quantitative estimate of drug-likeness (QED) is 0.236. The molecule has 0 aromatic rings. The predicted octanol–water partition coefficient (Wildman–Crippen LogP) is 4.13. The number of hydrogen-bond acceptors (Lipinski definition) is 7. The Kier molecular flexibility index (Phi) is 8.79. The number of nitrogens with zero attached hydrogens (tertiary/aromatic N) is 1. The highest BCUT2D eigenvalue weighted by Crippen LogP contribution is 2.38. The predicted molar refractivity (Wildman–Crippen MR) is 117 cm³/mol. The first-order chi connectivity index (χ1) is 15.3.